The number of hydrogen-bond donors (Lipinski definition) is 7. The Bertz CT molecular complexity index is 3860. The molecule has 2 saturated heterocycles. The van der Waals surface area contributed by atoms with Crippen molar-refractivity contribution in [2.24, 2.45) is 34.7 Å². The van der Waals surface area contributed by atoms with Crippen LogP contribution in [-0.2, 0) is 28.6 Å². The molecule has 3 aromatic carbocycles. The predicted octanol–water partition coefficient (Wildman–Crippen LogP) is 6.57. The van der Waals surface area contributed by atoms with Gasteiger partial charge in [-0.2, -0.15) is 5.10 Å². The standard InChI is InChI=1S/C62H68F3N7O16/c1-28-11-10-12-29(2)59(81)67-47-38(52(78)44-45(53(47)79)50(76)33(6)55-46(44)56(80)62(8,88-55)86-22-16-43(85-9)30(3)54(87-34(7)73)32(5)49(75)31(4)48(28)74)25-66-71-20-18-69(19-21-71)60(82)35-15-17-70(26-35)58-41(65)24-37-51(77)39(61(83)84)27-72(57(37)68-58)42-14-13-36(63)23-40(42)64/h10-14,16,22-25,27-28,30-32,35,43,48-49,54,74-76,78-79H,15,17-21,26H2,1-9H3,(H,67,81)(H,83,84)/t28-,30+,31+,32+,35?,43-,48-,49+,54+,62-/m0/s1. The summed E-state index contributed by atoms with van der Waals surface area (Å²) in [6, 6.07) is 3.28. The summed E-state index contributed by atoms with van der Waals surface area (Å²) < 4.78 is 69.7. The van der Waals surface area contributed by atoms with E-state index in [9.17, 15) is 63.8 Å². The van der Waals surface area contributed by atoms with E-state index in [4.69, 9.17) is 18.9 Å². The number of carboxylic acid groups (broad SMARTS) is 1. The number of ketones is 1. The summed E-state index contributed by atoms with van der Waals surface area (Å²) >= 11 is 0. The Hall–Kier alpha value is -9.01. The number of amides is 2. The number of hydrogen-bond acceptors (Lipinski definition) is 19. The predicted molar refractivity (Wildman–Crippen MR) is 314 cm³/mol. The number of methoxy groups -OCH3 is 1. The number of carboxylic acids is 1. The number of nitrogens with zero attached hydrogens (tertiary/aromatic N) is 6. The van der Waals surface area contributed by atoms with Gasteiger partial charge < -0.3 is 64.7 Å². The lowest BCUT2D eigenvalue weighted by molar-refractivity contribution is -0.160. The summed E-state index contributed by atoms with van der Waals surface area (Å²) in [5.41, 5.74) is -3.60. The molecule has 5 aromatic rings. The Morgan fingerprint density at radius 1 is 0.886 bits per heavy atom. The minimum Gasteiger partial charge on any atom is -0.507 e. The van der Waals surface area contributed by atoms with E-state index in [1.165, 1.54) is 57.9 Å². The van der Waals surface area contributed by atoms with Gasteiger partial charge in [-0.05, 0) is 44.5 Å². The number of aromatic carboxylic acids is 1. The molecule has 26 heteroatoms. The molecule has 88 heavy (non-hydrogen) atoms. The van der Waals surface area contributed by atoms with Gasteiger partial charge in [-0.3, -0.25) is 33.5 Å². The zero-order valence-corrected chi connectivity index (χ0v) is 49.6. The number of phenolic OH excluding ortho intramolecular Hbond substituents is 3. The number of esters is 1. The second-order valence-electron chi connectivity index (χ2n) is 22.9. The summed E-state index contributed by atoms with van der Waals surface area (Å²) in [5, 5.41) is 76.8. The van der Waals surface area contributed by atoms with Crippen molar-refractivity contribution >= 4 is 69.1 Å². The molecule has 10 rings (SSSR count). The molecule has 2 aromatic heterocycles. The van der Waals surface area contributed by atoms with E-state index < -0.39 is 146 Å². The number of rotatable bonds is 8. The number of aromatic nitrogens is 2. The highest BCUT2D eigenvalue weighted by atomic mass is 19.1. The molecular formula is C62H68F3N7O16. The molecule has 2 fully saturated rings. The van der Waals surface area contributed by atoms with Gasteiger partial charge in [0.25, 0.3) is 11.7 Å². The number of allylic oxidation sites excluding steroid dienone is 2. The fourth-order valence-electron chi connectivity index (χ4n) is 11.9. The van der Waals surface area contributed by atoms with Crippen LogP contribution >= 0.6 is 0 Å². The topological polar surface area (TPSA) is 313 Å². The van der Waals surface area contributed by atoms with Crippen molar-refractivity contribution in [3.05, 3.63) is 117 Å². The summed E-state index contributed by atoms with van der Waals surface area (Å²) in [5.74, 6) is -15.6. The number of aliphatic hydroxyl groups is 2. The third-order valence-corrected chi connectivity index (χ3v) is 17.1. The van der Waals surface area contributed by atoms with E-state index in [0.717, 1.165) is 41.4 Å². The molecule has 0 radical (unpaired) electrons. The molecule has 2 amide bonds. The van der Waals surface area contributed by atoms with Crippen LogP contribution in [-0.4, -0.2) is 162 Å². The quantitative estimate of drug-likeness (QED) is 0.0374. The molecule has 5 aliphatic rings. The van der Waals surface area contributed by atoms with E-state index in [1.807, 2.05) is 0 Å². The largest absolute Gasteiger partial charge is 0.507 e. The smallest absolute Gasteiger partial charge is 0.341 e. The highest BCUT2D eigenvalue weighted by Gasteiger charge is 2.50. The molecule has 468 valence electrons. The number of aromatic hydroxyl groups is 3. The minimum atomic E-state index is -2.17. The number of fused-ring (bicyclic) bond motifs is 15. The summed E-state index contributed by atoms with van der Waals surface area (Å²) in [6.45, 7) is 12.6. The molecule has 7 N–H and O–H groups in total. The van der Waals surface area contributed by atoms with Crippen LogP contribution in [0.25, 0.3) is 27.5 Å². The second-order valence-corrected chi connectivity index (χ2v) is 22.9. The minimum absolute atomic E-state index is 0.0354. The molecule has 0 spiro atoms. The van der Waals surface area contributed by atoms with Gasteiger partial charge in [-0.15, -0.1) is 0 Å². The van der Waals surface area contributed by atoms with Crippen LogP contribution in [0.4, 0.5) is 24.7 Å². The van der Waals surface area contributed by atoms with Crippen LogP contribution < -0.4 is 20.4 Å². The summed E-state index contributed by atoms with van der Waals surface area (Å²) in [4.78, 5) is 88.1. The first-order valence-electron chi connectivity index (χ1n) is 28.4. The maximum Gasteiger partial charge on any atom is 0.341 e. The number of carbonyl (C=O) groups excluding carboxylic acids is 4. The Labute approximate surface area is 502 Å². The maximum absolute atomic E-state index is 16.0. The van der Waals surface area contributed by atoms with Gasteiger partial charge in [0.1, 0.15) is 40.6 Å². The monoisotopic (exact) mass is 1220 g/mol. The number of hydrazone groups is 1. The van der Waals surface area contributed by atoms with Gasteiger partial charge in [-0.25, -0.2) is 22.9 Å². The van der Waals surface area contributed by atoms with E-state index in [-0.39, 0.29) is 102 Å². The van der Waals surface area contributed by atoms with Crippen LogP contribution in [0.15, 0.2) is 76.5 Å². The SMILES string of the molecule is CO[C@H]1C=CO[C@@]2(C)Oc3c(C)c(O)c4c(O)c(c(C=NN5CCN(C(=O)C6CCN(c7nc8c(cc7F)c(=O)c(C(=O)O)cn8-c7ccc(F)cc7F)C6)CC5)c(O)c4c3C2=O)NC(=O)C(C)=CC=C[C@H](C)[C@H](O)[C@@H](C)[C@@H](O)[C@@H](C)[C@H](OC(C)=O)[C@@H]1C. The summed E-state index contributed by atoms with van der Waals surface area (Å²) in [6.07, 6.45) is 5.14. The molecular weight excluding hydrogens is 1160 g/mol. The molecule has 23 nitrogen and oxygen atoms in total. The average molecular weight is 1220 g/mol. The molecule has 10 atom stereocenters. The number of piperazine rings is 1. The average Bonchev–Trinajstić information content (AvgIpc) is 1.43. The van der Waals surface area contributed by atoms with Crippen molar-refractivity contribution in [2.45, 2.75) is 92.0 Å². The van der Waals surface area contributed by atoms with Crippen molar-refractivity contribution in [3.63, 3.8) is 0 Å². The van der Waals surface area contributed by atoms with Crippen LogP contribution in [0.2, 0.25) is 0 Å². The lowest BCUT2D eigenvalue weighted by atomic mass is 9.78. The van der Waals surface area contributed by atoms with Gasteiger partial charge in [0.05, 0.1) is 83.1 Å². The van der Waals surface area contributed by atoms with Gasteiger partial charge in [0.2, 0.25) is 11.3 Å². The number of benzene rings is 3. The fourth-order valence-corrected chi connectivity index (χ4v) is 11.9. The zero-order chi connectivity index (χ0) is 64.1. The number of halogens is 3. The lowest BCUT2D eigenvalue weighted by Gasteiger charge is -2.38. The van der Waals surface area contributed by atoms with E-state index in [1.54, 1.807) is 43.7 Å². The van der Waals surface area contributed by atoms with Gasteiger partial charge in [0.15, 0.2) is 23.0 Å². The Balaban J connectivity index is 1.01. The van der Waals surface area contributed by atoms with E-state index in [0.29, 0.717) is 6.07 Å². The lowest BCUT2D eigenvalue weighted by Crippen LogP contribution is -2.49. The first kappa shape index (κ1) is 63.5. The molecule has 0 aliphatic carbocycles. The second kappa shape index (κ2) is 25.0. The maximum atomic E-state index is 16.0. The van der Waals surface area contributed by atoms with Gasteiger partial charge in [-0.1, -0.05) is 45.9 Å². The first-order chi connectivity index (χ1) is 41.6. The van der Waals surface area contributed by atoms with Crippen LogP contribution in [0, 0.1) is 54.0 Å². The number of anilines is 2. The number of aliphatic hydroxyl groups excluding tert-OH is 2. The molecule has 0 saturated carbocycles. The van der Waals surface area contributed by atoms with Crippen molar-refractivity contribution in [1.82, 2.24) is 19.5 Å². The number of pyridine rings is 2. The fraction of sp³-hybridized carbons (Fsp3) is 0.419. The normalized spacial score (nSPS) is 25.6. The molecule has 1 unspecified atom stereocenters. The molecule has 5 bridgehead atoms. The zero-order valence-electron chi connectivity index (χ0n) is 49.6. The van der Waals surface area contributed by atoms with E-state index >= 15 is 8.78 Å². The molecule has 5 aliphatic heterocycles. The Morgan fingerprint density at radius 3 is 2.25 bits per heavy atom. The highest BCUT2D eigenvalue weighted by molar-refractivity contribution is 6.24. The third-order valence-electron chi connectivity index (χ3n) is 17.1. The number of phenols is 3. The number of nitrogens with one attached hydrogen (secondary N) is 1. The third kappa shape index (κ3) is 11.8. The number of Topliss-reactive ketones (excluding diaryl/α,β-unsaturated/α-hetero) is 1. The highest BCUT2D eigenvalue weighted by Crippen LogP contribution is 2.55. The van der Waals surface area contributed by atoms with Crippen LogP contribution in [0.3, 0.4) is 0 Å². The Morgan fingerprint density at radius 2 is 1.59 bits per heavy atom. The first-order valence-corrected chi connectivity index (χ1v) is 28.4. The molecule has 7 heterocycles. The van der Waals surface area contributed by atoms with Crippen molar-refractivity contribution < 1.29 is 86.7 Å². The van der Waals surface area contributed by atoms with Crippen LogP contribution in [0.1, 0.15) is 86.7 Å². The van der Waals surface area contributed by atoms with Crippen molar-refractivity contribution in [2.75, 3.05) is 56.6 Å². The van der Waals surface area contributed by atoms with Crippen molar-refractivity contribution in [3.8, 4) is 28.7 Å². The van der Waals surface area contributed by atoms with Gasteiger partial charge >= 0.3 is 17.7 Å². The number of ether oxygens (including phenoxy) is 4. The summed E-state index contributed by atoms with van der Waals surface area (Å²) in [7, 11) is 1.39. The Kier molecular flexibility index (Phi) is 18.0. The van der Waals surface area contributed by atoms with Gasteiger partial charge in [0, 0.05) is 99.6 Å². The number of carbonyl (C=O) groups is 5. The van der Waals surface area contributed by atoms with Crippen LogP contribution in [0.5, 0.6) is 23.0 Å². The van der Waals surface area contributed by atoms with E-state index in [2.05, 4.69) is 15.4 Å². The van der Waals surface area contributed by atoms with Crippen molar-refractivity contribution in [1.29, 1.82) is 0 Å².